The third-order valence-electron chi connectivity index (χ3n) is 3.64. The maximum atomic E-state index is 11.8. The molecule has 116 valence electrons. The van der Waals surface area contributed by atoms with Crippen molar-refractivity contribution < 1.29 is 9.59 Å². The Bertz CT molecular complexity index is 461. The topological polar surface area (TPSA) is 70.2 Å². The van der Waals surface area contributed by atoms with E-state index in [2.05, 4.69) is 22.9 Å². The molecule has 1 aromatic rings. The van der Waals surface area contributed by atoms with Gasteiger partial charge in [0.05, 0.1) is 0 Å². The average molecular weight is 309 g/mol. The summed E-state index contributed by atoms with van der Waals surface area (Å²) in [6.45, 7) is 3.63. The van der Waals surface area contributed by atoms with E-state index in [-0.39, 0.29) is 17.9 Å². The lowest BCUT2D eigenvalue weighted by Gasteiger charge is -2.28. The zero-order valence-electron chi connectivity index (χ0n) is 12.4. The highest BCUT2D eigenvalue weighted by Crippen LogP contribution is 2.08. The van der Waals surface area contributed by atoms with Gasteiger partial charge in [0.25, 0.3) is 5.91 Å². The van der Waals surface area contributed by atoms with Gasteiger partial charge in [-0.05, 0) is 44.2 Å². The number of carbonyl (C=O) groups excluding carboxylic acids is 2. The van der Waals surface area contributed by atoms with Gasteiger partial charge in [-0.15, -0.1) is 0 Å². The van der Waals surface area contributed by atoms with Gasteiger partial charge >= 0.3 is 0 Å². The molecule has 0 aromatic carbocycles. The Balaban J connectivity index is 1.58. The van der Waals surface area contributed by atoms with Gasteiger partial charge in [-0.1, -0.05) is 0 Å². The first-order valence-corrected chi connectivity index (χ1v) is 8.42. The van der Waals surface area contributed by atoms with Crippen molar-refractivity contribution in [2.45, 2.75) is 44.7 Å². The van der Waals surface area contributed by atoms with Crippen molar-refractivity contribution in [1.29, 1.82) is 0 Å². The van der Waals surface area contributed by atoms with E-state index in [4.69, 9.17) is 0 Å². The number of piperidine rings is 1. The molecular formula is C15H23N3O2S. The van der Waals surface area contributed by atoms with Crippen LogP contribution in [-0.2, 0) is 4.79 Å². The Morgan fingerprint density at radius 2 is 2.33 bits per heavy atom. The predicted octanol–water partition coefficient (Wildman–Crippen LogP) is 1.51. The SMILES string of the molecule is CC1CC(NC(=O)CCCNC(=O)c2ccsc2)CCN1. The molecule has 0 bridgehead atoms. The quantitative estimate of drug-likeness (QED) is 0.698. The molecule has 21 heavy (non-hydrogen) atoms. The molecule has 6 heteroatoms. The predicted molar refractivity (Wildman–Crippen MR) is 84.5 cm³/mol. The molecule has 0 aliphatic carbocycles. The zero-order valence-corrected chi connectivity index (χ0v) is 13.2. The van der Waals surface area contributed by atoms with Gasteiger partial charge in [-0.2, -0.15) is 11.3 Å². The van der Waals surface area contributed by atoms with Gasteiger partial charge in [0.15, 0.2) is 0 Å². The van der Waals surface area contributed by atoms with E-state index in [0.29, 0.717) is 31.0 Å². The van der Waals surface area contributed by atoms with Crippen molar-refractivity contribution in [3.05, 3.63) is 22.4 Å². The Kier molecular flexibility index (Phi) is 6.20. The van der Waals surface area contributed by atoms with E-state index in [1.807, 2.05) is 10.8 Å². The summed E-state index contributed by atoms with van der Waals surface area (Å²) >= 11 is 1.50. The number of hydrogen-bond donors (Lipinski definition) is 3. The van der Waals surface area contributed by atoms with Crippen molar-refractivity contribution in [3.63, 3.8) is 0 Å². The largest absolute Gasteiger partial charge is 0.353 e. The Morgan fingerprint density at radius 3 is 3.05 bits per heavy atom. The summed E-state index contributed by atoms with van der Waals surface area (Å²) in [5.41, 5.74) is 0.688. The number of rotatable bonds is 6. The highest BCUT2D eigenvalue weighted by molar-refractivity contribution is 7.08. The Labute approximate surface area is 129 Å². The minimum Gasteiger partial charge on any atom is -0.353 e. The number of thiophene rings is 1. The standard InChI is InChI=1S/C15H23N3O2S/c1-11-9-13(4-7-16-11)18-14(19)3-2-6-17-15(20)12-5-8-21-10-12/h5,8,10-11,13,16H,2-4,6-7,9H2,1H3,(H,17,20)(H,18,19). The van der Waals surface area contributed by atoms with E-state index in [1.54, 1.807) is 6.07 Å². The molecule has 2 amide bonds. The lowest BCUT2D eigenvalue weighted by Crippen LogP contribution is -2.46. The molecule has 1 saturated heterocycles. The summed E-state index contributed by atoms with van der Waals surface area (Å²) in [5, 5.41) is 13.0. The smallest absolute Gasteiger partial charge is 0.252 e. The Hall–Kier alpha value is -1.40. The van der Waals surface area contributed by atoms with Crippen molar-refractivity contribution in [3.8, 4) is 0 Å². The fraction of sp³-hybridized carbons (Fsp3) is 0.600. The monoisotopic (exact) mass is 309 g/mol. The summed E-state index contributed by atoms with van der Waals surface area (Å²) < 4.78 is 0. The van der Waals surface area contributed by atoms with Gasteiger partial charge < -0.3 is 16.0 Å². The molecule has 1 fully saturated rings. The normalized spacial score (nSPS) is 21.8. The van der Waals surface area contributed by atoms with Crippen LogP contribution in [0.3, 0.4) is 0 Å². The fourth-order valence-electron chi connectivity index (χ4n) is 2.51. The molecule has 2 heterocycles. The molecule has 1 aromatic heterocycles. The average Bonchev–Trinajstić information content (AvgIpc) is 2.97. The minimum absolute atomic E-state index is 0.0659. The molecule has 2 unspecified atom stereocenters. The second-order valence-corrected chi connectivity index (χ2v) is 6.30. The number of carbonyl (C=O) groups is 2. The summed E-state index contributed by atoms with van der Waals surface area (Å²) in [5.74, 6) is 0.0164. The first-order chi connectivity index (χ1) is 10.1. The van der Waals surface area contributed by atoms with Gasteiger partial charge in [0.1, 0.15) is 0 Å². The molecule has 1 aliphatic heterocycles. The second-order valence-electron chi connectivity index (χ2n) is 5.52. The Morgan fingerprint density at radius 1 is 1.48 bits per heavy atom. The molecule has 1 aliphatic rings. The minimum atomic E-state index is -0.0659. The van der Waals surface area contributed by atoms with E-state index >= 15 is 0 Å². The molecule has 3 N–H and O–H groups in total. The van der Waals surface area contributed by atoms with Crippen LogP contribution < -0.4 is 16.0 Å². The van der Waals surface area contributed by atoms with E-state index < -0.39 is 0 Å². The van der Waals surface area contributed by atoms with Crippen LogP contribution in [0.15, 0.2) is 16.8 Å². The van der Waals surface area contributed by atoms with Crippen molar-refractivity contribution >= 4 is 23.2 Å². The summed E-state index contributed by atoms with van der Waals surface area (Å²) in [6.07, 6.45) is 3.11. The first-order valence-electron chi connectivity index (χ1n) is 7.48. The van der Waals surface area contributed by atoms with Crippen LogP contribution in [0.1, 0.15) is 43.0 Å². The zero-order chi connectivity index (χ0) is 15.1. The molecule has 2 rings (SSSR count). The summed E-state index contributed by atoms with van der Waals surface area (Å²) in [6, 6.07) is 2.55. The third kappa shape index (κ3) is 5.47. The second kappa shape index (κ2) is 8.14. The molecule has 0 radical (unpaired) electrons. The van der Waals surface area contributed by atoms with E-state index in [9.17, 15) is 9.59 Å². The number of hydrogen-bond acceptors (Lipinski definition) is 4. The summed E-state index contributed by atoms with van der Waals surface area (Å²) in [4.78, 5) is 23.5. The number of amides is 2. The fourth-order valence-corrected chi connectivity index (χ4v) is 3.15. The van der Waals surface area contributed by atoms with Crippen LogP contribution in [0.5, 0.6) is 0 Å². The lowest BCUT2D eigenvalue weighted by molar-refractivity contribution is -0.122. The highest BCUT2D eigenvalue weighted by atomic mass is 32.1. The highest BCUT2D eigenvalue weighted by Gasteiger charge is 2.19. The first kappa shape index (κ1) is 16.0. The van der Waals surface area contributed by atoms with Crippen molar-refractivity contribution in [2.75, 3.05) is 13.1 Å². The van der Waals surface area contributed by atoms with E-state index in [0.717, 1.165) is 19.4 Å². The van der Waals surface area contributed by atoms with Crippen LogP contribution in [0.2, 0.25) is 0 Å². The van der Waals surface area contributed by atoms with Gasteiger partial charge in [0, 0.05) is 36.0 Å². The van der Waals surface area contributed by atoms with Crippen LogP contribution in [-0.4, -0.2) is 37.0 Å². The van der Waals surface area contributed by atoms with Crippen LogP contribution in [0.25, 0.3) is 0 Å². The van der Waals surface area contributed by atoms with Gasteiger partial charge in [0.2, 0.25) is 5.91 Å². The van der Waals surface area contributed by atoms with Crippen molar-refractivity contribution in [2.24, 2.45) is 0 Å². The maximum Gasteiger partial charge on any atom is 0.252 e. The molecular weight excluding hydrogens is 286 g/mol. The van der Waals surface area contributed by atoms with Crippen LogP contribution >= 0.6 is 11.3 Å². The van der Waals surface area contributed by atoms with Crippen LogP contribution in [0.4, 0.5) is 0 Å². The molecule has 0 spiro atoms. The number of nitrogens with one attached hydrogen (secondary N) is 3. The maximum absolute atomic E-state index is 11.8. The van der Waals surface area contributed by atoms with Crippen molar-refractivity contribution in [1.82, 2.24) is 16.0 Å². The molecule has 5 nitrogen and oxygen atoms in total. The van der Waals surface area contributed by atoms with Gasteiger partial charge in [-0.3, -0.25) is 9.59 Å². The summed E-state index contributed by atoms with van der Waals surface area (Å²) in [7, 11) is 0. The molecule has 2 atom stereocenters. The third-order valence-corrected chi connectivity index (χ3v) is 4.32. The molecule has 0 saturated carbocycles. The van der Waals surface area contributed by atoms with Gasteiger partial charge in [-0.25, -0.2) is 0 Å². The lowest BCUT2D eigenvalue weighted by atomic mass is 10.0. The van der Waals surface area contributed by atoms with E-state index in [1.165, 1.54) is 11.3 Å². The van der Waals surface area contributed by atoms with Crippen LogP contribution in [0, 0.1) is 0 Å².